The highest BCUT2D eigenvalue weighted by atomic mass is 16.5. The maximum absolute atomic E-state index is 11.6. The van der Waals surface area contributed by atoms with E-state index in [9.17, 15) is 4.79 Å². The summed E-state index contributed by atoms with van der Waals surface area (Å²) in [5, 5.41) is 0. The van der Waals surface area contributed by atoms with Gasteiger partial charge in [-0.05, 0) is 54.2 Å². The van der Waals surface area contributed by atoms with E-state index in [1.807, 2.05) is 43.3 Å². The highest BCUT2D eigenvalue weighted by Gasteiger charge is 2.39. The molecular weight excluding hydrogens is 364 g/mol. The SMILES string of the molecule is C1CC1.COC(=O)C(C)Cc1cccc(OCC2CC2c2cccc(OC)c2)c1. The number of benzene rings is 2. The first-order valence-corrected chi connectivity index (χ1v) is 10.5. The van der Waals surface area contributed by atoms with Gasteiger partial charge in [-0.3, -0.25) is 4.79 Å². The van der Waals surface area contributed by atoms with Crippen molar-refractivity contribution in [3.63, 3.8) is 0 Å². The fourth-order valence-corrected chi connectivity index (χ4v) is 3.32. The molecule has 0 spiro atoms. The predicted octanol–water partition coefficient (Wildman–Crippen LogP) is 5.40. The van der Waals surface area contributed by atoms with Gasteiger partial charge >= 0.3 is 5.97 Å². The van der Waals surface area contributed by atoms with Crippen LogP contribution in [0.5, 0.6) is 11.5 Å². The molecule has 0 saturated heterocycles. The number of carbonyl (C=O) groups is 1. The highest BCUT2D eigenvalue weighted by Crippen LogP contribution is 2.48. The van der Waals surface area contributed by atoms with Crippen LogP contribution in [0, 0.1) is 11.8 Å². The number of ether oxygens (including phenoxy) is 3. The zero-order valence-corrected chi connectivity index (χ0v) is 17.7. The van der Waals surface area contributed by atoms with Crippen molar-refractivity contribution in [2.24, 2.45) is 11.8 Å². The summed E-state index contributed by atoms with van der Waals surface area (Å²) < 4.78 is 16.1. The Bertz CT molecular complexity index is 796. The number of methoxy groups -OCH3 is 2. The third kappa shape index (κ3) is 6.81. The molecular formula is C25H32O4. The first-order valence-electron chi connectivity index (χ1n) is 10.5. The van der Waals surface area contributed by atoms with Crippen LogP contribution in [0.1, 0.15) is 49.7 Å². The van der Waals surface area contributed by atoms with E-state index in [1.165, 1.54) is 31.9 Å². The Morgan fingerprint density at radius 3 is 2.45 bits per heavy atom. The minimum atomic E-state index is -0.185. The van der Waals surface area contributed by atoms with Crippen molar-refractivity contribution in [1.29, 1.82) is 0 Å². The molecule has 2 saturated carbocycles. The van der Waals surface area contributed by atoms with Gasteiger partial charge in [-0.1, -0.05) is 50.5 Å². The Kier molecular flexibility index (Phi) is 7.56. The van der Waals surface area contributed by atoms with E-state index in [-0.39, 0.29) is 11.9 Å². The molecule has 3 unspecified atom stereocenters. The van der Waals surface area contributed by atoms with Gasteiger partial charge in [-0.15, -0.1) is 0 Å². The van der Waals surface area contributed by atoms with E-state index in [1.54, 1.807) is 7.11 Å². The van der Waals surface area contributed by atoms with Crippen LogP contribution < -0.4 is 9.47 Å². The molecule has 0 N–H and O–H groups in total. The van der Waals surface area contributed by atoms with Crippen molar-refractivity contribution >= 4 is 5.97 Å². The summed E-state index contributed by atoms with van der Waals surface area (Å²) in [4.78, 5) is 11.6. The minimum Gasteiger partial charge on any atom is -0.497 e. The second-order valence-electron chi connectivity index (χ2n) is 8.03. The smallest absolute Gasteiger partial charge is 0.308 e. The summed E-state index contributed by atoms with van der Waals surface area (Å²) >= 11 is 0. The summed E-state index contributed by atoms with van der Waals surface area (Å²) in [6.45, 7) is 2.58. The lowest BCUT2D eigenvalue weighted by Crippen LogP contribution is -2.15. The molecule has 4 nitrogen and oxygen atoms in total. The summed E-state index contributed by atoms with van der Waals surface area (Å²) in [5.41, 5.74) is 2.40. The van der Waals surface area contributed by atoms with Gasteiger partial charge < -0.3 is 14.2 Å². The molecule has 2 aliphatic carbocycles. The molecule has 29 heavy (non-hydrogen) atoms. The lowest BCUT2D eigenvalue weighted by Gasteiger charge is -2.11. The fourth-order valence-electron chi connectivity index (χ4n) is 3.32. The van der Waals surface area contributed by atoms with E-state index in [0.29, 0.717) is 24.9 Å². The first-order chi connectivity index (χ1) is 14.1. The molecule has 0 aliphatic heterocycles. The summed E-state index contributed by atoms with van der Waals surface area (Å²) in [5.74, 6) is 2.51. The van der Waals surface area contributed by atoms with Gasteiger partial charge in [0.15, 0.2) is 0 Å². The van der Waals surface area contributed by atoms with Crippen LogP contribution in [0.3, 0.4) is 0 Å². The van der Waals surface area contributed by atoms with Crippen LogP contribution in [0.15, 0.2) is 48.5 Å². The molecule has 0 heterocycles. The summed E-state index contributed by atoms with van der Waals surface area (Å²) in [7, 11) is 3.12. The molecule has 2 fully saturated rings. The summed E-state index contributed by atoms with van der Waals surface area (Å²) in [6.07, 6.45) is 6.30. The Morgan fingerprint density at radius 2 is 1.76 bits per heavy atom. The minimum absolute atomic E-state index is 0.156. The number of hydrogen-bond donors (Lipinski definition) is 0. The predicted molar refractivity (Wildman–Crippen MR) is 115 cm³/mol. The van der Waals surface area contributed by atoms with Crippen LogP contribution in [-0.4, -0.2) is 26.8 Å². The monoisotopic (exact) mass is 396 g/mol. The van der Waals surface area contributed by atoms with Gasteiger partial charge in [0.2, 0.25) is 0 Å². The van der Waals surface area contributed by atoms with Crippen molar-refractivity contribution in [2.75, 3.05) is 20.8 Å². The molecule has 2 aromatic rings. The van der Waals surface area contributed by atoms with Crippen LogP contribution in [0.2, 0.25) is 0 Å². The third-order valence-corrected chi connectivity index (χ3v) is 5.31. The van der Waals surface area contributed by atoms with E-state index in [2.05, 4.69) is 12.1 Å². The standard InChI is InChI=1S/C22H26O4.C3H6/c1-15(22(23)25-3)10-16-6-4-9-20(11-16)26-14-18-13-21(18)17-7-5-8-19(12-17)24-2;1-2-3-1/h4-9,11-12,15,18,21H,10,13-14H2,1-3H3;1-3H2. The normalized spacial score (nSPS) is 20.0. The Balaban J connectivity index is 0.000000732. The van der Waals surface area contributed by atoms with Crippen LogP contribution in [0.4, 0.5) is 0 Å². The van der Waals surface area contributed by atoms with Gasteiger partial charge in [0.25, 0.3) is 0 Å². The maximum atomic E-state index is 11.6. The lowest BCUT2D eigenvalue weighted by atomic mass is 10.0. The van der Waals surface area contributed by atoms with Crippen molar-refractivity contribution in [3.05, 3.63) is 59.7 Å². The molecule has 3 atom stereocenters. The van der Waals surface area contributed by atoms with Crippen molar-refractivity contribution < 1.29 is 19.0 Å². The molecule has 4 rings (SSSR count). The van der Waals surface area contributed by atoms with Gasteiger partial charge in [-0.2, -0.15) is 0 Å². The van der Waals surface area contributed by atoms with Gasteiger partial charge in [0, 0.05) is 5.92 Å². The van der Waals surface area contributed by atoms with E-state index >= 15 is 0 Å². The average molecular weight is 397 g/mol. The Hall–Kier alpha value is -2.49. The second kappa shape index (κ2) is 10.3. The molecule has 4 heteroatoms. The molecule has 2 aromatic carbocycles. The molecule has 156 valence electrons. The number of hydrogen-bond acceptors (Lipinski definition) is 4. The molecule has 0 radical (unpaired) electrons. The van der Waals surface area contributed by atoms with Crippen molar-refractivity contribution in [1.82, 2.24) is 0 Å². The first kappa shape index (κ1) is 21.2. The van der Waals surface area contributed by atoms with E-state index < -0.39 is 0 Å². The zero-order valence-electron chi connectivity index (χ0n) is 17.7. The summed E-state index contributed by atoms with van der Waals surface area (Å²) in [6, 6.07) is 16.2. The average Bonchev–Trinajstić information content (AvgIpc) is 3.66. The Morgan fingerprint density at radius 1 is 1.03 bits per heavy atom. The van der Waals surface area contributed by atoms with Crippen LogP contribution in [0.25, 0.3) is 0 Å². The lowest BCUT2D eigenvalue weighted by molar-refractivity contribution is -0.144. The largest absolute Gasteiger partial charge is 0.497 e. The molecule has 0 bridgehead atoms. The second-order valence-corrected chi connectivity index (χ2v) is 8.03. The quantitative estimate of drug-likeness (QED) is 0.561. The van der Waals surface area contributed by atoms with E-state index in [0.717, 1.165) is 23.5 Å². The number of carbonyl (C=O) groups excluding carboxylic acids is 1. The van der Waals surface area contributed by atoms with Crippen molar-refractivity contribution in [3.8, 4) is 11.5 Å². The van der Waals surface area contributed by atoms with Gasteiger partial charge in [0.1, 0.15) is 11.5 Å². The van der Waals surface area contributed by atoms with Crippen LogP contribution in [-0.2, 0) is 16.0 Å². The third-order valence-electron chi connectivity index (χ3n) is 5.31. The zero-order chi connectivity index (χ0) is 20.6. The molecule has 2 aliphatic rings. The Labute approximate surface area is 174 Å². The molecule has 0 amide bonds. The number of rotatable bonds is 8. The van der Waals surface area contributed by atoms with Crippen molar-refractivity contribution in [2.45, 2.75) is 44.9 Å². The highest BCUT2D eigenvalue weighted by molar-refractivity contribution is 5.72. The maximum Gasteiger partial charge on any atom is 0.308 e. The fraction of sp³-hybridized carbons (Fsp3) is 0.480. The van der Waals surface area contributed by atoms with E-state index in [4.69, 9.17) is 14.2 Å². The van der Waals surface area contributed by atoms with Gasteiger partial charge in [0.05, 0.1) is 26.7 Å². The molecule has 0 aromatic heterocycles. The topological polar surface area (TPSA) is 44.8 Å². The van der Waals surface area contributed by atoms with Crippen LogP contribution >= 0.6 is 0 Å². The van der Waals surface area contributed by atoms with Gasteiger partial charge in [-0.25, -0.2) is 0 Å². The number of esters is 1.